The fourth-order valence-corrected chi connectivity index (χ4v) is 8.81. The average Bonchev–Trinajstić information content (AvgIpc) is 3.71. The van der Waals surface area contributed by atoms with E-state index in [1.807, 2.05) is 86.7 Å². The summed E-state index contributed by atoms with van der Waals surface area (Å²) in [5.41, 5.74) is 6.72. The Bertz CT molecular complexity index is 2370. The lowest BCUT2D eigenvalue weighted by Crippen LogP contribution is -2.50. The van der Waals surface area contributed by atoms with Crippen LogP contribution in [0.15, 0.2) is 60.7 Å². The molecule has 0 saturated carbocycles. The quantitative estimate of drug-likeness (QED) is 0.142. The third kappa shape index (κ3) is 3.17. The molecule has 0 saturated heterocycles. The van der Waals surface area contributed by atoms with Gasteiger partial charge in [-0.25, -0.2) is 0 Å². The highest BCUT2D eigenvalue weighted by molar-refractivity contribution is 6.60. The molecule has 10 heteroatoms. The van der Waals surface area contributed by atoms with E-state index in [1.165, 1.54) is 17.9 Å². The Balaban J connectivity index is 1.33. The van der Waals surface area contributed by atoms with E-state index in [-0.39, 0.29) is 0 Å². The lowest BCUT2D eigenvalue weighted by atomic mass is 9.89. The minimum absolute atomic E-state index is 0.422. The highest BCUT2D eigenvalue weighted by Crippen LogP contribution is 2.48. The normalized spacial score (nSPS) is 18.3. The molecule has 9 rings (SSSR count). The van der Waals surface area contributed by atoms with Crippen molar-refractivity contribution in [3.05, 3.63) is 106 Å². The fourth-order valence-electron chi connectivity index (χ4n) is 8.81. The van der Waals surface area contributed by atoms with Crippen LogP contribution in [0, 0.1) is 6.92 Å². The molecule has 0 radical (unpaired) electrons. The summed E-state index contributed by atoms with van der Waals surface area (Å²) >= 11 is 0. The molecule has 2 aromatic heterocycles. The maximum absolute atomic E-state index is 17.1. The van der Waals surface area contributed by atoms with Gasteiger partial charge in [-0.2, -0.15) is 0 Å². The van der Waals surface area contributed by atoms with Crippen LogP contribution in [-0.4, -0.2) is 43.3 Å². The highest BCUT2D eigenvalue weighted by atomic mass is 19.3. The van der Waals surface area contributed by atoms with E-state index in [0.29, 0.717) is 87.1 Å². The number of rotatable bonds is 4. The molecule has 230 valence electrons. The number of fused-ring (bicyclic) bond motifs is 12. The van der Waals surface area contributed by atoms with Crippen molar-refractivity contribution in [1.82, 2.24) is 8.96 Å². The van der Waals surface area contributed by atoms with E-state index in [9.17, 15) is 0 Å². The minimum Gasteiger partial charge on any atom is -0.393 e. The molecule has 0 atom stereocenters. The molecule has 0 fully saturated rings. The van der Waals surface area contributed by atoms with E-state index in [4.69, 9.17) is 0 Å². The first kappa shape index (κ1) is 27.7. The summed E-state index contributed by atoms with van der Waals surface area (Å²) in [6.07, 6.45) is 6.15. The van der Waals surface area contributed by atoms with Gasteiger partial charge in [0.15, 0.2) is 11.4 Å². The van der Waals surface area contributed by atoms with Gasteiger partial charge in [0, 0.05) is 47.7 Å². The zero-order valence-electron chi connectivity index (χ0n) is 26.2. The monoisotopic (exact) mass is 618 g/mol. The predicted octanol–water partition coefficient (Wildman–Crippen LogP) is 8.78. The Morgan fingerprint density at radius 1 is 0.609 bits per heavy atom. The van der Waals surface area contributed by atoms with Gasteiger partial charge in [-0.05, 0) is 54.1 Å². The van der Waals surface area contributed by atoms with Gasteiger partial charge in [0.25, 0.3) is 0 Å². The first-order chi connectivity index (χ1) is 22.1. The summed E-state index contributed by atoms with van der Waals surface area (Å²) in [6, 6.07) is 18.9. The Kier molecular flexibility index (Phi) is 5.43. The van der Waals surface area contributed by atoms with Crippen molar-refractivity contribution in [2.45, 2.75) is 53.4 Å². The molecule has 0 unspecified atom stereocenters. The standard InChI is InChI=1S/C36H32B2F4N4/c1-5-11-31-25-15-9-10-16-26(25)34-20-36-30-17-27-22(4)44-35(19-33-24-14-8-7-13-23(24)21(3)43(33)37(44,39)40)28(27)18-29(30)32(12-6-2)46(36)38(41,42)45(31)34/h7-10,13-20H,5-6,11-12H2,1-4H3. The zero-order valence-corrected chi connectivity index (χ0v) is 26.2. The maximum atomic E-state index is 17.1. The molecule has 5 aromatic rings. The molecule has 0 bridgehead atoms. The molecule has 0 spiro atoms. The van der Waals surface area contributed by atoms with Gasteiger partial charge in [0.2, 0.25) is 0 Å². The molecule has 46 heavy (non-hydrogen) atoms. The summed E-state index contributed by atoms with van der Waals surface area (Å²) in [5, 5.41) is 3.24. The van der Waals surface area contributed by atoms with Gasteiger partial charge in [-0.15, -0.1) is 0 Å². The van der Waals surface area contributed by atoms with Crippen LogP contribution in [0.2, 0.25) is 0 Å². The Morgan fingerprint density at radius 3 is 1.80 bits per heavy atom. The van der Waals surface area contributed by atoms with Crippen LogP contribution in [0.25, 0.3) is 45.1 Å². The first-order valence-corrected chi connectivity index (χ1v) is 16.3. The molecule has 4 nitrogen and oxygen atoms in total. The van der Waals surface area contributed by atoms with E-state index < -0.39 is 13.9 Å². The molecule has 4 aliphatic heterocycles. The van der Waals surface area contributed by atoms with Crippen molar-refractivity contribution in [2.24, 2.45) is 0 Å². The van der Waals surface area contributed by atoms with Crippen molar-refractivity contribution >= 4 is 70.5 Å². The van der Waals surface area contributed by atoms with Crippen LogP contribution < -0.4 is 0 Å². The molecule has 0 N–H and O–H groups in total. The Morgan fingerprint density at radius 2 is 1.13 bits per heavy atom. The average molecular weight is 618 g/mol. The third-order valence-electron chi connectivity index (χ3n) is 10.6. The molecular weight excluding hydrogens is 586 g/mol. The van der Waals surface area contributed by atoms with Crippen LogP contribution >= 0.6 is 0 Å². The van der Waals surface area contributed by atoms with Crippen LogP contribution in [0.3, 0.4) is 0 Å². The number of hydrogen-bond acceptors (Lipinski definition) is 0. The second-order valence-corrected chi connectivity index (χ2v) is 13.1. The Labute approximate surface area is 264 Å². The summed E-state index contributed by atoms with van der Waals surface area (Å²) in [4.78, 5) is 0. The number of benzene rings is 3. The largest absolute Gasteiger partial charge is 0.737 e. The summed E-state index contributed by atoms with van der Waals surface area (Å²) in [5.74, 6) is 0. The summed E-state index contributed by atoms with van der Waals surface area (Å²) < 4.78 is 72.6. The van der Waals surface area contributed by atoms with E-state index in [0.717, 1.165) is 28.0 Å². The van der Waals surface area contributed by atoms with Crippen LogP contribution in [0.1, 0.15) is 85.1 Å². The second-order valence-electron chi connectivity index (χ2n) is 13.1. The smallest absolute Gasteiger partial charge is 0.393 e. The number of hydrogen-bond donors (Lipinski definition) is 0. The lowest BCUT2D eigenvalue weighted by Gasteiger charge is -2.31. The van der Waals surface area contributed by atoms with E-state index >= 15 is 17.3 Å². The minimum atomic E-state index is -4.22. The summed E-state index contributed by atoms with van der Waals surface area (Å²) in [7, 11) is 0. The number of nitrogens with zero attached hydrogens (tertiary/aromatic N) is 4. The molecule has 6 heterocycles. The van der Waals surface area contributed by atoms with Crippen molar-refractivity contribution in [2.75, 3.05) is 0 Å². The van der Waals surface area contributed by atoms with E-state index in [1.54, 1.807) is 13.8 Å². The number of halogens is 4. The number of aryl methyl sites for hydroxylation is 2. The van der Waals surface area contributed by atoms with Crippen LogP contribution in [-0.2, 0) is 6.42 Å². The first-order valence-electron chi connectivity index (χ1n) is 16.3. The molecular formula is C36H32B2F4N4. The van der Waals surface area contributed by atoms with Gasteiger partial charge in [-0.1, -0.05) is 68.8 Å². The zero-order chi connectivity index (χ0) is 31.9. The van der Waals surface area contributed by atoms with Crippen LogP contribution in [0.5, 0.6) is 0 Å². The molecule has 3 aromatic carbocycles. The van der Waals surface area contributed by atoms with Gasteiger partial charge < -0.3 is 35.2 Å². The maximum Gasteiger partial charge on any atom is 0.737 e. The Hall–Kier alpha value is -4.59. The molecule has 0 amide bonds. The van der Waals surface area contributed by atoms with Gasteiger partial charge in [0.1, 0.15) is 11.4 Å². The van der Waals surface area contributed by atoms with Gasteiger partial charge in [0.05, 0.1) is 22.3 Å². The van der Waals surface area contributed by atoms with Gasteiger partial charge in [-0.3, -0.25) is 0 Å². The topological polar surface area (TPSA) is 15.9 Å². The molecule has 0 aliphatic carbocycles. The fraction of sp³-hybridized carbons (Fsp3) is 0.222. The molecule has 4 aliphatic rings. The van der Waals surface area contributed by atoms with Crippen molar-refractivity contribution < 1.29 is 26.2 Å². The van der Waals surface area contributed by atoms with E-state index in [2.05, 4.69) is 0 Å². The van der Waals surface area contributed by atoms with Crippen molar-refractivity contribution in [1.29, 1.82) is 0 Å². The lowest BCUT2D eigenvalue weighted by molar-refractivity contribution is -0.319. The number of aromatic nitrogens is 2. The van der Waals surface area contributed by atoms with Crippen molar-refractivity contribution in [3.8, 4) is 0 Å². The predicted molar refractivity (Wildman–Crippen MR) is 181 cm³/mol. The third-order valence-corrected chi connectivity index (χ3v) is 10.6. The summed E-state index contributed by atoms with van der Waals surface area (Å²) in [6.45, 7) is -0.952. The van der Waals surface area contributed by atoms with Crippen molar-refractivity contribution in [3.63, 3.8) is 0 Å². The van der Waals surface area contributed by atoms with Gasteiger partial charge >= 0.3 is 13.9 Å². The van der Waals surface area contributed by atoms with Crippen LogP contribution in [0.4, 0.5) is 17.3 Å². The SMILES string of the molecule is CCCC1=[N+]2C(=Cc3c4ccccc4c(CCC)n3[B-]2(F)F)c2cc3c(cc21)C1=Cc2c4ccccc4c(C)n2[B-](F)(F)[N+]1=C3C. The second kappa shape index (κ2) is 9.02. The highest BCUT2D eigenvalue weighted by Gasteiger charge is 2.58.